The summed E-state index contributed by atoms with van der Waals surface area (Å²) in [5.74, 6) is 0. The van der Waals surface area contributed by atoms with Gasteiger partial charge in [0.15, 0.2) is 0 Å². The van der Waals surface area contributed by atoms with Gasteiger partial charge in [-0.05, 0) is 13.5 Å². The predicted octanol–water partition coefficient (Wildman–Crippen LogP) is 1.37. The Kier molecular flexibility index (Phi) is 3.75. The van der Waals surface area contributed by atoms with E-state index in [2.05, 4.69) is 32.7 Å². The van der Waals surface area contributed by atoms with Crippen molar-refractivity contribution in [3.05, 3.63) is 28.8 Å². The molecule has 17 heavy (non-hydrogen) atoms. The number of nitrogens with zero attached hydrogens (tertiary/aromatic N) is 4. The maximum Gasteiger partial charge on any atom is 0.106 e. The van der Waals surface area contributed by atoms with Crippen LogP contribution in [0.4, 0.5) is 0 Å². The topological polar surface area (TPSA) is 71.4 Å². The standard InChI is InChI=1S/C10H15ClN6/c1-3-4-17-10(7(11)5-14-17)9(12-2)8-6-13-16-15-8/h5-6,9,12H,3-4H2,1-2H3,(H,13,15,16). The second-order valence-electron chi connectivity index (χ2n) is 3.72. The summed E-state index contributed by atoms with van der Waals surface area (Å²) in [4.78, 5) is 0. The summed E-state index contributed by atoms with van der Waals surface area (Å²) >= 11 is 6.19. The maximum absolute atomic E-state index is 6.19. The van der Waals surface area contributed by atoms with Crippen LogP contribution in [0.15, 0.2) is 12.4 Å². The number of aryl methyl sites for hydroxylation is 1. The molecule has 0 amide bonds. The molecule has 2 aromatic rings. The molecule has 0 aliphatic heterocycles. The molecule has 0 saturated heterocycles. The third-order valence-electron chi connectivity index (χ3n) is 2.56. The molecular weight excluding hydrogens is 240 g/mol. The van der Waals surface area contributed by atoms with E-state index in [1.165, 1.54) is 0 Å². The van der Waals surface area contributed by atoms with Crippen LogP contribution >= 0.6 is 11.6 Å². The highest BCUT2D eigenvalue weighted by atomic mass is 35.5. The van der Waals surface area contributed by atoms with Crippen molar-refractivity contribution in [3.8, 4) is 0 Å². The number of H-pyrrole nitrogens is 1. The van der Waals surface area contributed by atoms with Crippen LogP contribution in [0, 0.1) is 0 Å². The Balaban J connectivity index is 2.39. The van der Waals surface area contributed by atoms with Crippen LogP contribution in [-0.2, 0) is 6.54 Å². The van der Waals surface area contributed by atoms with Crippen LogP contribution in [-0.4, -0.2) is 32.2 Å². The van der Waals surface area contributed by atoms with Crippen molar-refractivity contribution in [2.75, 3.05) is 7.05 Å². The third-order valence-corrected chi connectivity index (χ3v) is 2.85. The summed E-state index contributed by atoms with van der Waals surface area (Å²) in [6, 6.07) is -0.102. The normalized spacial score (nSPS) is 12.9. The Hall–Kier alpha value is -1.40. The van der Waals surface area contributed by atoms with Crippen LogP contribution in [0.25, 0.3) is 0 Å². The highest BCUT2D eigenvalue weighted by Gasteiger charge is 2.22. The Bertz CT molecular complexity index is 463. The van der Waals surface area contributed by atoms with E-state index in [4.69, 9.17) is 11.6 Å². The lowest BCUT2D eigenvalue weighted by Crippen LogP contribution is -2.22. The Morgan fingerprint density at radius 2 is 2.35 bits per heavy atom. The van der Waals surface area contributed by atoms with Crippen molar-refractivity contribution < 1.29 is 0 Å². The second kappa shape index (κ2) is 5.29. The van der Waals surface area contributed by atoms with E-state index in [0.717, 1.165) is 24.4 Å². The zero-order chi connectivity index (χ0) is 12.3. The number of hydrogen-bond donors (Lipinski definition) is 2. The molecule has 0 aliphatic carbocycles. The SMILES string of the molecule is CCCn1ncc(Cl)c1C(NC)c1cn[nH]n1. The molecule has 0 aliphatic rings. The van der Waals surface area contributed by atoms with Crippen LogP contribution in [0.2, 0.25) is 5.02 Å². The minimum absolute atomic E-state index is 0.102. The van der Waals surface area contributed by atoms with Gasteiger partial charge in [-0.25, -0.2) is 0 Å². The van der Waals surface area contributed by atoms with E-state index in [1.807, 2.05) is 11.7 Å². The van der Waals surface area contributed by atoms with Crippen molar-refractivity contribution in [1.29, 1.82) is 0 Å². The second-order valence-corrected chi connectivity index (χ2v) is 4.12. The summed E-state index contributed by atoms with van der Waals surface area (Å²) in [5.41, 5.74) is 1.72. The highest BCUT2D eigenvalue weighted by molar-refractivity contribution is 6.31. The molecule has 1 atom stereocenters. The Morgan fingerprint density at radius 3 is 2.94 bits per heavy atom. The lowest BCUT2D eigenvalue weighted by molar-refractivity contribution is 0.529. The van der Waals surface area contributed by atoms with Crippen molar-refractivity contribution in [3.63, 3.8) is 0 Å². The number of rotatable bonds is 5. The summed E-state index contributed by atoms with van der Waals surface area (Å²) in [7, 11) is 1.86. The van der Waals surface area contributed by atoms with Gasteiger partial charge in [0.1, 0.15) is 5.69 Å². The van der Waals surface area contributed by atoms with E-state index in [9.17, 15) is 0 Å². The van der Waals surface area contributed by atoms with Crippen molar-refractivity contribution >= 4 is 11.6 Å². The minimum atomic E-state index is -0.102. The van der Waals surface area contributed by atoms with Crippen molar-refractivity contribution in [2.24, 2.45) is 0 Å². The molecule has 0 bridgehead atoms. The fourth-order valence-corrected chi connectivity index (χ4v) is 2.07. The molecule has 0 saturated carbocycles. The van der Waals surface area contributed by atoms with Gasteiger partial charge < -0.3 is 5.32 Å². The number of aromatic nitrogens is 5. The number of hydrogen-bond acceptors (Lipinski definition) is 4. The molecule has 2 rings (SSSR count). The van der Waals surface area contributed by atoms with Crippen molar-refractivity contribution in [2.45, 2.75) is 25.9 Å². The molecular formula is C10H15ClN6. The zero-order valence-electron chi connectivity index (χ0n) is 9.81. The average Bonchev–Trinajstić information content (AvgIpc) is 2.94. The number of nitrogens with one attached hydrogen (secondary N) is 2. The third kappa shape index (κ3) is 2.32. The van der Waals surface area contributed by atoms with Gasteiger partial charge in [-0.3, -0.25) is 4.68 Å². The molecule has 0 radical (unpaired) electrons. The minimum Gasteiger partial charge on any atom is -0.307 e. The predicted molar refractivity (Wildman–Crippen MR) is 64.8 cm³/mol. The molecule has 0 fully saturated rings. The number of halogens is 1. The molecule has 0 aromatic carbocycles. The average molecular weight is 255 g/mol. The molecule has 2 heterocycles. The smallest absolute Gasteiger partial charge is 0.106 e. The van der Waals surface area contributed by atoms with Crippen LogP contribution in [0.3, 0.4) is 0 Å². The first-order chi connectivity index (χ1) is 8.27. The van der Waals surface area contributed by atoms with Crippen LogP contribution < -0.4 is 5.32 Å². The van der Waals surface area contributed by atoms with Gasteiger partial charge in [-0.1, -0.05) is 18.5 Å². The van der Waals surface area contributed by atoms with Crippen LogP contribution in [0.5, 0.6) is 0 Å². The summed E-state index contributed by atoms with van der Waals surface area (Å²) < 4.78 is 1.90. The number of aromatic amines is 1. The largest absolute Gasteiger partial charge is 0.307 e. The molecule has 0 spiro atoms. The van der Waals surface area contributed by atoms with E-state index in [-0.39, 0.29) is 6.04 Å². The van der Waals surface area contributed by atoms with Gasteiger partial charge in [-0.15, -0.1) is 0 Å². The lowest BCUT2D eigenvalue weighted by Gasteiger charge is -2.16. The van der Waals surface area contributed by atoms with Gasteiger partial charge in [0, 0.05) is 6.54 Å². The fourth-order valence-electron chi connectivity index (χ4n) is 1.82. The molecule has 2 aromatic heterocycles. The quantitative estimate of drug-likeness (QED) is 0.846. The summed E-state index contributed by atoms with van der Waals surface area (Å²) in [6.45, 7) is 2.93. The van der Waals surface area contributed by atoms with E-state index >= 15 is 0 Å². The van der Waals surface area contributed by atoms with Gasteiger partial charge in [-0.2, -0.15) is 20.5 Å². The summed E-state index contributed by atoms with van der Waals surface area (Å²) in [5, 5.41) is 18.6. The fraction of sp³-hybridized carbons (Fsp3) is 0.500. The first-order valence-electron chi connectivity index (χ1n) is 5.52. The van der Waals surface area contributed by atoms with Crippen molar-refractivity contribution in [1.82, 2.24) is 30.5 Å². The highest BCUT2D eigenvalue weighted by Crippen LogP contribution is 2.26. The lowest BCUT2D eigenvalue weighted by atomic mass is 10.1. The molecule has 92 valence electrons. The first kappa shape index (κ1) is 12.1. The van der Waals surface area contributed by atoms with Gasteiger partial charge in [0.25, 0.3) is 0 Å². The van der Waals surface area contributed by atoms with E-state index in [0.29, 0.717) is 5.02 Å². The zero-order valence-corrected chi connectivity index (χ0v) is 10.6. The Morgan fingerprint density at radius 1 is 1.53 bits per heavy atom. The van der Waals surface area contributed by atoms with Gasteiger partial charge >= 0.3 is 0 Å². The molecule has 2 N–H and O–H groups in total. The van der Waals surface area contributed by atoms with Gasteiger partial charge in [0.2, 0.25) is 0 Å². The van der Waals surface area contributed by atoms with Gasteiger partial charge in [0.05, 0.1) is 29.2 Å². The Labute approximate surface area is 104 Å². The maximum atomic E-state index is 6.19. The first-order valence-corrected chi connectivity index (χ1v) is 5.89. The van der Waals surface area contributed by atoms with E-state index in [1.54, 1.807) is 12.4 Å². The molecule has 7 heteroatoms. The molecule has 6 nitrogen and oxygen atoms in total. The monoisotopic (exact) mass is 254 g/mol. The molecule has 1 unspecified atom stereocenters. The summed E-state index contributed by atoms with van der Waals surface area (Å²) in [6.07, 6.45) is 4.35. The van der Waals surface area contributed by atoms with Crippen LogP contribution in [0.1, 0.15) is 30.8 Å². The van der Waals surface area contributed by atoms with E-state index < -0.39 is 0 Å².